The third kappa shape index (κ3) is 3.16. The molecular formula is C20H19FN2O3S2. The molecule has 0 saturated carbocycles. The average Bonchev–Trinajstić information content (AvgIpc) is 3.34. The third-order valence-corrected chi connectivity index (χ3v) is 8.15. The summed E-state index contributed by atoms with van der Waals surface area (Å²) in [5.41, 5.74) is 1.92. The number of carbonyl (C=O) groups excluding carboxylic acids is 1. The zero-order valence-corrected chi connectivity index (χ0v) is 17.1. The zero-order chi connectivity index (χ0) is 20.1. The summed E-state index contributed by atoms with van der Waals surface area (Å²) in [4.78, 5) is 14.3. The van der Waals surface area contributed by atoms with Gasteiger partial charge >= 0.3 is 0 Å². The molecule has 3 heterocycles. The fraction of sp³-hybridized carbons (Fsp3) is 0.250. The van der Waals surface area contributed by atoms with Crippen LogP contribution in [0.4, 0.5) is 4.39 Å². The van der Waals surface area contributed by atoms with E-state index in [-0.39, 0.29) is 24.0 Å². The molecule has 1 saturated heterocycles. The number of hydrogen-bond acceptors (Lipinski definition) is 4. The first kappa shape index (κ1) is 18.9. The summed E-state index contributed by atoms with van der Waals surface area (Å²) in [5.74, 6) is -1.41. The van der Waals surface area contributed by atoms with E-state index in [1.165, 1.54) is 23.5 Å². The fourth-order valence-electron chi connectivity index (χ4n) is 3.49. The van der Waals surface area contributed by atoms with Gasteiger partial charge in [-0.2, -0.15) is 0 Å². The summed E-state index contributed by atoms with van der Waals surface area (Å²) in [6, 6.07) is 9.49. The van der Waals surface area contributed by atoms with Crippen LogP contribution in [0, 0.1) is 19.7 Å². The second-order valence-electron chi connectivity index (χ2n) is 6.92. The normalized spacial score (nSPS) is 18.5. The van der Waals surface area contributed by atoms with E-state index < -0.39 is 15.9 Å². The Balaban J connectivity index is 1.72. The van der Waals surface area contributed by atoms with Gasteiger partial charge in [0, 0.05) is 29.7 Å². The molecule has 5 nitrogen and oxygen atoms in total. The van der Waals surface area contributed by atoms with Crippen molar-refractivity contribution in [1.29, 1.82) is 0 Å². The number of halogens is 1. The monoisotopic (exact) mass is 418 g/mol. The molecule has 0 aliphatic carbocycles. The van der Waals surface area contributed by atoms with E-state index in [0.717, 1.165) is 14.7 Å². The van der Waals surface area contributed by atoms with Crippen molar-refractivity contribution in [2.75, 3.05) is 12.3 Å². The van der Waals surface area contributed by atoms with Gasteiger partial charge in [-0.25, -0.2) is 17.1 Å². The lowest BCUT2D eigenvalue weighted by Crippen LogP contribution is -2.33. The van der Waals surface area contributed by atoms with Crippen LogP contribution < -0.4 is 0 Å². The lowest BCUT2D eigenvalue weighted by Gasteiger charge is -2.17. The van der Waals surface area contributed by atoms with Crippen LogP contribution in [0.5, 0.6) is 0 Å². The molecule has 1 atom stereocenters. The molecule has 0 spiro atoms. The van der Waals surface area contributed by atoms with Crippen LogP contribution in [0.25, 0.3) is 5.00 Å². The highest BCUT2D eigenvalue weighted by Gasteiger charge is 2.41. The van der Waals surface area contributed by atoms with Crippen molar-refractivity contribution in [2.45, 2.75) is 19.8 Å². The molecule has 4 rings (SSSR count). The number of sulfonamides is 1. The summed E-state index contributed by atoms with van der Waals surface area (Å²) < 4.78 is 41.5. The van der Waals surface area contributed by atoms with Crippen LogP contribution in [-0.2, 0) is 10.0 Å². The zero-order valence-electron chi connectivity index (χ0n) is 15.4. The molecule has 1 amide bonds. The molecule has 1 aliphatic rings. The number of nitrogens with zero attached hydrogens (tertiary/aromatic N) is 2. The number of aryl methyl sites for hydroxylation is 1. The summed E-state index contributed by atoms with van der Waals surface area (Å²) in [5, 5.41) is 0.713. The van der Waals surface area contributed by atoms with Crippen molar-refractivity contribution in [3.05, 3.63) is 76.2 Å². The van der Waals surface area contributed by atoms with E-state index in [1.54, 1.807) is 12.1 Å². The number of thiophene rings is 1. The second kappa shape index (κ2) is 6.86. The number of carbonyl (C=O) groups is 1. The molecule has 0 radical (unpaired) electrons. The molecule has 0 N–H and O–H groups in total. The van der Waals surface area contributed by atoms with E-state index in [1.807, 2.05) is 42.9 Å². The third-order valence-electron chi connectivity index (χ3n) is 5.12. The molecule has 0 bridgehead atoms. The van der Waals surface area contributed by atoms with Crippen LogP contribution >= 0.6 is 11.3 Å². The first-order valence-corrected chi connectivity index (χ1v) is 11.2. The van der Waals surface area contributed by atoms with Gasteiger partial charge < -0.3 is 4.57 Å². The van der Waals surface area contributed by atoms with E-state index in [0.29, 0.717) is 16.1 Å². The number of benzene rings is 1. The van der Waals surface area contributed by atoms with Gasteiger partial charge in [0.2, 0.25) is 10.0 Å². The molecule has 28 heavy (non-hydrogen) atoms. The minimum Gasteiger partial charge on any atom is -0.315 e. The fourth-order valence-corrected chi connectivity index (χ4v) is 6.35. The van der Waals surface area contributed by atoms with E-state index in [4.69, 9.17) is 0 Å². The van der Waals surface area contributed by atoms with Gasteiger partial charge in [-0.1, -0.05) is 12.1 Å². The Morgan fingerprint density at radius 1 is 1.14 bits per heavy atom. The maximum Gasteiger partial charge on any atom is 0.270 e. The van der Waals surface area contributed by atoms with Gasteiger partial charge in [-0.3, -0.25) is 4.79 Å². The van der Waals surface area contributed by atoms with Gasteiger partial charge in [0.05, 0.1) is 11.3 Å². The van der Waals surface area contributed by atoms with Crippen molar-refractivity contribution < 1.29 is 17.6 Å². The van der Waals surface area contributed by atoms with Crippen molar-refractivity contribution in [3.63, 3.8) is 0 Å². The lowest BCUT2D eigenvalue weighted by molar-refractivity contribution is 0.0867. The molecule has 1 unspecified atom stereocenters. The van der Waals surface area contributed by atoms with Crippen molar-refractivity contribution in [3.8, 4) is 5.00 Å². The molecule has 1 fully saturated rings. The Morgan fingerprint density at radius 2 is 1.79 bits per heavy atom. The Kier molecular flexibility index (Phi) is 4.63. The Hall–Kier alpha value is -2.45. The van der Waals surface area contributed by atoms with E-state index in [2.05, 4.69) is 0 Å². The minimum atomic E-state index is -3.75. The number of hydrogen-bond donors (Lipinski definition) is 0. The van der Waals surface area contributed by atoms with Gasteiger partial charge in [0.1, 0.15) is 10.8 Å². The molecule has 2 aromatic heterocycles. The largest absolute Gasteiger partial charge is 0.315 e. The minimum absolute atomic E-state index is 0.0618. The van der Waals surface area contributed by atoms with E-state index >= 15 is 0 Å². The number of rotatable bonds is 3. The second-order valence-corrected chi connectivity index (χ2v) is 10.1. The first-order chi connectivity index (χ1) is 13.3. The molecular weight excluding hydrogens is 399 g/mol. The summed E-state index contributed by atoms with van der Waals surface area (Å²) in [7, 11) is -3.75. The van der Waals surface area contributed by atoms with Crippen LogP contribution in [0.15, 0.2) is 48.8 Å². The van der Waals surface area contributed by atoms with Gasteiger partial charge in [0.25, 0.3) is 5.91 Å². The number of amides is 1. The van der Waals surface area contributed by atoms with Gasteiger partial charge in [0.15, 0.2) is 0 Å². The molecule has 1 aliphatic heterocycles. The highest BCUT2D eigenvalue weighted by atomic mass is 32.2. The van der Waals surface area contributed by atoms with Crippen LogP contribution in [0.2, 0.25) is 0 Å². The smallest absolute Gasteiger partial charge is 0.270 e. The molecule has 146 valence electrons. The highest BCUT2D eigenvalue weighted by molar-refractivity contribution is 7.89. The summed E-state index contributed by atoms with van der Waals surface area (Å²) >= 11 is 1.46. The Labute approximate surface area is 167 Å². The molecule has 1 aromatic carbocycles. The number of aromatic nitrogens is 1. The predicted octanol–water partition coefficient (Wildman–Crippen LogP) is 3.86. The topological polar surface area (TPSA) is 59.4 Å². The average molecular weight is 419 g/mol. The van der Waals surface area contributed by atoms with Crippen LogP contribution in [0.3, 0.4) is 0 Å². The van der Waals surface area contributed by atoms with E-state index in [9.17, 15) is 17.6 Å². The summed E-state index contributed by atoms with van der Waals surface area (Å²) in [6.45, 7) is 3.82. The Bertz CT molecular complexity index is 1130. The van der Waals surface area contributed by atoms with Crippen molar-refractivity contribution >= 4 is 27.3 Å². The summed E-state index contributed by atoms with van der Waals surface area (Å²) in [6.07, 6.45) is 3.67. The van der Waals surface area contributed by atoms with Crippen LogP contribution in [0.1, 0.15) is 32.3 Å². The first-order valence-electron chi connectivity index (χ1n) is 8.81. The predicted molar refractivity (Wildman–Crippen MR) is 107 cm³/mol. The van der Waals surface area contributed by atoms with Crippen LogP contribution in [-0.4, -0.2) is 35.5 Å². The maximum atomic E-state index is 13.3. The Morgan fingerprint density at radius 3 is 2.43 bits per heavy atom. The van der Waals surface area contributed by atoms with Crippen molar-refractivity contribution in [2.24, 2.45) is 0 Å². The molecule has 3 aromatic rings. The van der Waals surface area contributed by atoms with Crippen molar-refractivity contribution in [1.82, 2.24) is 8.87 Å². The molecule has 8 heteroatoms. The standard InChI is InChI=1S/C20H19FN2O3S2/c1-13-14(2)27-20(22-9-3-4-10-22)18(13)19(24)23-11-16(12-28(23,25)26)15-5-7-17(21)8-6-15/h3-10,16H,11-12H2,1-2H3. The SMILES string of the molecule is Cc1sc(-n2cccc2)c(C(=O)N2CC(c3ccc(F)cc3)CS2(=O)=O)c1C. The lowest BCUT2D eigenvalue weighted by atomic mass is 10.0. The maximum absolute atomic E-state index is 13.3. The van der Waals surface area contributed by atoms with Gasteiger partial charge in [-0.05, 0) is 49.2 Å². The van der Waals surface area contributed by atoms with Gasteiger partial charge in [-0.15, -0.1) is 11.3 Å². The highest BCUT2D eigenvalue weighted by Crippen LogP contribution is 2.35. The quantitative estimate of drug-likeness (QED) is 0.649.